The van der Waals surface area contributed by atoms with E-state index in [1.54, 1.807) is 0 Å². The molecule has 0 aliphatic heterocycles. The van der Waals surface area contributed by atoms with E-state index in [1.165, 1.54) is 0 Å². The monoisotopic (exact) mass is 500 g/mol. The molecule has 0 aliphatic carbocycles. The van der Waals surface area contributed by atoms with Crippen LogP contribution in [-0.2, 0) is 4.79 Å². The van der Waals surface area contributed by atoms with Gasteiger partial charge in [-0.25, -0.2) is 4.79 Å². The Kier molecular flexibility index (Phi) is 18.6. The second-order valence-electron chi connectivity index (χ2n) is 7.69. The zero-order valence-corrected chi connectivity index (χ0v) is 17.3. The first-order valence-electron chi connectivity index (χ1n) is 10.1. The van der Waals surface area contributed by atoms with Crippen LogP contribution >= 0.6 is 0 Å². The molecule has 0 amide bonds. The third-order valence-electron chi connectivity index (χ3n) is 5.18. The standard InChI is InChI=1S/C18H36O14.Na.H/c19-6-4-2-1-3-5-7(20)8(21)9(22)10(23)11(24)12(25)13(26)14(27)15(28)16(29)17(30)18(31)32;;/h7-17,19-30H,1-6H2,(H,31,32);;. The van der Waals surface area contributed by atoms with Crippen LogP contribution in [0.15, 0.2) is 0 Å². The summed E-state index contributed by atoms with van der Waals surface area (Å²) in [6.07, 6.45) is -23.3. The SMILES string of the molecule is O=C(O)C(O)C(O)C(O)C(O)C(O)C(O)C(O)C(O)C(O)C(O)C(O)CCCCCCO.[NaH]. The summed E-state index contributed by atoms with van der Waals surface area (Å²) in [5, 5.41) is 125. The molecule has 0 saturated heterocycles. The normalized spacial score (nSPS) is 21.9. The zero-order chi connectivity index (χ0) is 25.2. The number of aliphatic hydroxyl groups is 12. The van der Waals surface area contributed by atoms with Crippen LogP contribution < -0.4 is 0 Å². The number of unbranched alkanes of at least 4 members (excludes halogenated alkanes) is 3. The van der Waals surface area contributed by atoms with Crippen molar-refractivity contribution in [2.45, 2.75) is 99.2 Å². The van der Waals surface area contributed by atoms with Crippen LogP contribution in [0.4, 0.5) is 0 Å². The number of hydrogen-bond donors (Lipinski definition) is 13. The maximum absolute atomic E-state index is 10.6. The summed E-state index contributed by atoms with van der Waals surface area (Å²) < 4.78 is 0. The molecule has 0 aromatic heterocycles. The zero-order valence-electron chi connectivity index (χ0n) is 17.3. The molecule has 0 heterocycles. The van der Waals surface area contributed by atoms with Crippen LogP contribution in [0, 0.1) is 0 Å². The van der Waals surface area contributed by atoms with Gasteiger partial charge in [-0.15, -0.1) is 0 Å². The molecular formula is C18H37NaO14. The Morgan fingerprint density at radius 3 is 1.21 bits per heavy atom. The number of rotatable bonds is 17. The molecule has 33 heavy (non-hydrogen) atoms. The average Bonchev–Trinajstić information content (AvgIpc) is 2.78. The Morgan fingerprint density at radius 2 is 0.848 bits per heavy atom. The topological polar surface area (TPSA) is 280 Å². The summed E-state index contributed by atoms with van der Waals surface area (Å²) >= 11 is 0. The van der Waals surface area contributed by atoms with Crippen molar-refractivity contribution in [2.75, 3.05) is 6.61 Å². The Labute approximate surface area is 212 Å². The fourth-order valence-corrected chi connectivity index (χ4v) is 2.96. The predicted octanol–water partition coefficient (Wildman–Crippen LogP) is -6.66. The number of carbonyl (C=O) groups is 1. The van der Waals surface area contributed by atoms with Crippen LogP contribution in [0.5, 0.6) is 0 Å². The second kappa shape index (κ2) is 17.4. The molecule has 0 spiro atoms. The molecule has 14 nitrogen and oxygen atoms in total. The van der Waals surface area contributed by atoms with Gasteiger partial charge in [0.2, 0.25) is 0 Å². The van der Waals surface area contributed by atoms with E-state index in [9.17, 15) is 61.0 Å². The second-order valence-corrected chi connectivity index (χ2v) is 7.69. The van der Waals surface area contributed by atoms with E-state index in [-0.39, 0.29) is 42.6 Å². The molecule has 11 unspecified atom stereocenters. The van der Waals surface area contributed by atoms with E-state index in [1.807, 2.05) is 0 Å². The first kappa shape index (κ1) is 35.2. The quantitative estimate of drug-likeness (QED) is 0.0653. The van der Waals surface area contributed by atoms with Gasteiger partial charge in [0, 0.05) is 6.61 Å². The summed E-state index contributed by atoms with van der Waals surface area (Å²) in [6, 6.07) is 0. The van der Waals surface area contributed by atoms with E-state index in [0.717, 1.165) is 0 Å². The summed E-state index contributed by atoms with van der Waals surface area (Å²) in [5.74, 6) is -1.96. The molecule has 0 radical (unpaired) electrons. The number of aliphatic hydroxyl groups excluding tert-OH is 12. The fourth-order valence-electron chi connectivity index (χ4n) is 2.96. The molecule has 11 atom stereocenters. The number of carboxylic acids is 1. The summed E-state index contributed by atoms with van der Waals surface area (Å²) in [6.45, 7) is 0.00692. The van der Waals surface area contributed by atoms with Crippen LogP contribution in [0.1, 0.15) is 32.1 Å². The van der Waals surface area contributed by atoms with Gasteiger partial charge >= 0.3 is 35.5 Å². The Morgan fingerprint density at radius 1 is 0.515 bits per heavy atom. The van der Waals surface area contributed by atoms with E-state index >= 15 is 0 Å². The molecule has 0 rings (SSSR count). The van der Waals surface area contributed by atoms with Crippen LogP contribution in [0.25, 0.3) is 0 Å². The molecule has 13 N–H and O–H groups in total. The molecule has 0 aromatic rings. The molecule has 0 bridgehead atoms. The van der Waals surface area contributed by atoms with Crippen LogP contribution in [0.2, 0.25) is 0 Å². The first-order valence-corrected chi connectivity index (χ1v) is 10.1. The third kappa shape index (κ3) is 11.1. The predicted molar refractivity (Wildman–Crippen MR) is 111 cm³/mol. The first-order chi connectivity index (χ1) is 14.8. The van der Waals surface area contributed by atoms with Crippen LogP contribution in [-0.4, -0.2) is 176 Å². The van der Waals surface area contributed by atoms with Crippen molar-refractivity contribution in [3.8, 4) is 0 Å². The van der Waals surface area contributed by atoms with Gasteiger partial charge in [-0.2, -0.15) is 0 Å². The number of hydrogen-bond acceptors (Lipinski definition) is 13. The van der Waals surface area contributed by atoms with E-state index in [2.05, 4.69) is 0 Å². The van der Waals surface area contributed by atoms with Gasteiger partial charge in [-0.1, -0.05) is 19.3 Å². The van der Waals surface area contributed by atoms with Crippen molar-refractivity contribution in [2.24, 2.45) is 0 Å². The third-order valence-corrected chi connectivity index (χ3v) is 5.18. The minimum atomic E-state index is -2.55. The van der Waals surface area contributed by atoms with Crippen molar-refractivity contribution >= 4 is 35.5 Å². The van der Waals surface area contributed by atoms with E-state index in [0.29, 0.717) is 25.7 Å². The average molecular weight is 500 g/mol. The Bertz CT molecular complexity index is 528. The van der Waals surface area contributed by atoms with Gasteiger partial charge in [0.05, 0.1) is 6.10 Å². The van der Waals surface area contributed by atoms with Gasteiger partial charge in [0.1, 0.15) is 54.9 Å². The molecule has 15 heteroatoms. The molecular weight excluding hydrogens is 463 g/mol. The molecule has 0 fully saturated rings. The van der Waals surface area contributed by atoms with Gasteiger partial charge in [-0.05, 0) is 12.8 Å². The van der Waals surface area contributed by atoms with Gasteiger partial charge < -0.3 is 66.4 Å². The van der Waals surface area contributed by atoms with Crippen molar-refractivity contribution in [3.05, 3.63) is 0 Å². The fraction of sp³-hybridized carbons (Fsp3) is 0.944. The summed E-state index contributed by atoms with van der Waals surface area (Å²) in [7, 11) is 0. The van der Waals surface area contributed by atoms with Gasteiger partial charge in [0.25, 0.3) is 0 Å². The van der Waals surface area contributed by atoms with Crippen molar-refractivity contribution in [3.63, 3.8) is 0 Å². The van der Waals surface area contributed by atoms with Gasteiger partial charge in [-0.3, -0.25) is 0 Å². The molecule has 0 saturated carbocycles. The summed E-state index contributed by atoms with van der Waals surface area (Å²) in [5.41, 5.74) is 0. The van der Waals surface area contributed by atoms with Crippen molar-refractivity contribution < 1.29 is 71.2 Å². The minimum absolute atomic E-state index is 0. The molecule has 0 aromatic carbocycles. The Hall–Kier alpha value is -0.0100. The number of aliphatic carboxylic acids is 1. The van der Waals surface area contributed by atoms with Crippen LogP contribution in [0.3, 0.4) is 0 Å². The molecule has 194 valence electrons. The van der Waals surface area contributed by atoms with E-state index < -0.39 is 73.1 Å². The van der Waals surface area contributed by atoms with E-state index in [4.69, 9.17) is 10.2 Å². The number of carboxylic acid groups (broad SMARTS) is 1. The van der Waals surface area contributed by atoms with Gasteiger partial charge in [0.15, 0.2) is 6.10 Å². The molecule has 0 aliphatic rings. The maximum atomic E-state index is 10.6. The summed E-state index contributed by atoms with van der Waals surface area (Å²) in [4.78, 5) is 10.6. The van der Waals surface area contributed by atoms with Crippen molar-refractivity contribution in [1.29, 1.82) is 0 Å². The van der Waals surface area contributed by atoms with Crippen molar-refractivity contribution in [1.82, 2.24) is 0 Å². The Balaban J connectivity index is 0.